The molecule has 2 aromatic carbocycles. The number of ether oxygens (including phenoxy) is 2. The van der Waals surface area contributed by atoms with E-state index in [1.165, 1.54) is 24.3 Å². The Labute approximate surface area is 187 Å². The van der Waals surface area contributed by atoms with Gasteiger partial charge in [0.15, 0.2) is 0 Å². The van der Waals surface area contributed by atoms with Crippen molar-refractivity contribution in [2.45, 2.75) is 24.6 Å². The molecule has 9 heteroatoms. The molecule has 0 bridgehead atoms. The lowest BCUT2D eigenvalue weighted by molar-refractivity contribution is -0.137. The quantitative estimate of drug-likeness (QED) is 0.525. The zero-order valence-electron chi connectivity index (χ0n) is 17.9. The molecule has 1 unspecified atom stereocenters. The Balaban J connectivity index is 1.61. The second-order valence-electron chi connectivity index (χ2n) is 7.96. The average Bonchev–Trinajstić information content (AvgIpc) is 3.16. The summed E-state index contributed by atoms with van der Waals surface area (Å²) >= 11 is 0. The van der Waals surface area contributed by atoms with E-state index in [0.29, 0.717) is 42.6 Å². The van der Waals surface area contributed by atoms with Gasteiger partial charge in [-0.15, -0.1) is 0 Å². The van der Waals surface area contributed by atoms with Gasteiger partial charge in [0, 0.05) is 23.8 Å². The topological polar surface area (TPSA) is 80.4 Å². The highest BCUT2D eigenvalue weighted by atomic mass is 19.4. The normalized spacial score (nSPS) is 18.6. The number of nitrogens with one attached hydrogen (secondary N) is 2. The molecule has 0 radical (unpaired) electrons. The van der Waals surface area contributed by atoms with Crippen LogP contribution in [0.15, 0.2) is 53.3 Å². The number of halogens is 3. The minimum absolute atomic E-state index is 0.0834. The number of pyridine rings is 1. The molecule has 1 saturated heterocycles. The molecule has 6 nitrogen and oxygen atoms in total. The zero-order valence-corrected chi connectivity index (χ0v) is 17.9. The maximum absolute atomic E-state index is 13.4. The summed E-state index contributed by atoms with van der Waals surface area (Å²) in [6, 6.07) is 11.5. The summed E-state index contributed by atoms with van der Waals surface area (Å²) in [7, 11) is 1.58. The Bertz CT molecular complexity index is 1220. The van der Waals surface area contributed by atoms with E-state index in [0.717, 1.165) is 6.07 Å². The molecule has 0 saturated carbocycles. The number of hydrogen-bond acceptors (Lipinski definition) is 4. The van der Waals surface area contributed by atoms with Crippen LogP contribution in [0.1, 0.15) is 23.5 Å². The Morgan fingerprint density at radius 1 is 1.06 bits per heavy atom. The van der Waals surface area contributed by atoms with Crippen LogP contribution in [0.4, 0.5) is 13.2 Å². The number of hydrogen-bond donors (Lipinski definition) is 2. The molecular weight excluding hydrogens is 437 g/mol. The molecule has 4 rings (SSSR count). The lowest BCUT2D eigenvalue weighted by Crippen LogP contribution is -2.30. The van der Waals surface area contributed by atoms with Gasteiger partial charge in [0.2, 0.25) is 5.91 Å². The summed E-state index contributed by atoms with van der Waals surface area (Å²) in [6.45, 7) is 1.26. The average molecular weight is 460 g/mol. The maximum atomic E-state index is 13.4. The van der Waals surface area contributed by atoms with Crippen LogP contribution in [0.5, 0.6) is 0 Å². The molecule has 1 aliphatic rings. The summed E-state index contributed by atoms with van der Waals surface area (Å²) in [5.74, 6) is -0.586. The van der Waals surface area contributed by atoms with E-state index in [1.807, 2.05) is 0 Å². The highest BCUT2D eigenvalue weighted by molar-refractivity contribution is 5.90. The van der Waals surface area contributed by atoms with Crippen molar-refractivity contribution in [1.29, 1.82) is 0 Å². The molecule has 1 fully saturated rings. The van der Waals surface area contributed by atoms with Gasteiger partial charge >= 0.3 is 6.18 Å². The predicted octanol–water partition coefficient (Wildman–Crippen LogP) is 3.85. The van der Waals surface area contributed by atoms with E-state index in [2.05, 4.69) is 10.3 Å². The van der Waals surface area contributed by atoms with Crippen LogP contribution in [0.3, 0.4) is 0 Å². The number of benzene rings is 2. The maximum Gasteiger partial charge on any atom is 0.417 e. The number of alkyl halides is 3. The number of carbonyl (C=O) groups is 1. The minimum atomic E-state index is -4.55. The number of amides is 1. The van der Waals surface area contributed by atoms with Crippen LogP contribution < -0.4 is 10.9 Å². The van der Waals surface area contributed by atoms with Crippen LogP contribution in [-0.2, 0) is 20.4 Å². The number of aromatic amines is 1. The number of aromatic nitrogens is 1. The molecule has 0 aliphatic carbocycles. The molecule has 2 heterocycles. The van der Waals surface area contributed by atoms with Gasteiger partial charge in [-0.05, 0) is 35.6 Å². The Hall–Kier alpha value is -3.17. The highest BCUT2D eigenvalue weighted by Crippen LogP contribution is 2.37. The van der Waals surface area contributed by atoms with Gasteiger partial charge in [0.25, 0.3) is 5.56 Å². The summed E-state index contributed by atoms with van der Waals surface area (Å²) in [6.07, 6.45) is -4.03. The van der Waals surface area contributed by atoms with Gasteiger partial charge in [0.05, 0.1) is 37.3 Å². The highest BCUT2D eigenvalue weighted by Gasteiger charge is 2.34. The molecule has 33 heavy (non-hydrogen) atoms. The fraction of sp³-hybridized carbons (Fsp3) is 0.333. The third kappa shape index (κ3) is 4.94. The minimum Gasteiger partial charge on any atom is -0.382 e. The van der Waals surface area contributed by atoms with E-state index < -0.39 is 23.2 Å². The lowest BCUT2D eigenvalue weighted by atomic mass is 9.93. The zero-order chi connectivity index (χ0) is 23.6. The van der Waals surface area contributed by atoms with Crippen molar-refractivity contribution in [2.24, 2.45) is 0 Å². The number of H-pyrrole nitrogens is 1. The second kappa shape index (κ2) is 9.36. The largest absolute Gasteiger partial charge is 0.417 e. The third-order valence-electron chi connectivity index (χ3n) is 5.73. The number of methoxy groups -OCH3 is 1. The summed E-state index contributed by atoms with van der Waals surface area (Å²) in [4.78, 5) is 27.8. The van der Waals surface area contributed by atoms with Crippen LogP contribution >= 0.6 is 0 Å². The van der Waals surface area contributed by atoms with Crippen LogP contribution in [0, 0.1) is 0 Å². The smallest absolute Gasteiger partial charge is 0.382 e. The molecule has 3 aromatic rings. The summed E-state index contributed by atoms with van der Waals surface area (Å²) < 4.78 is 50.7. The fourth-order valence-electron chi connectivity index (χ4n) is 4.12. The number of fused-ring (bicyclic) bond motifs is 1. The molecule has 1 amide bonds. The van der Waals surface area contributed by atoms with Gasteiger partial charge < -0.3 is 19.8 Å². The van der Waals surface area contributed by atoms with Crippen molar-refractivity contribution in [3.05, 3.63) is 70.0 Å². The number of rotatable bonds is 7. The molecule has 1 aromatic heterocycles. The SMILES string of the molecule is COCCOCC1C[C@H](c2ccc3cc(-c4ccccc4C(F)(F)F)[nH]c(=O)c3c2)C(=O)N1. The fourth-order valence-corrected chi connectivity index (χ4v) is 4.12. The Morgan fingerprint density at radius 2 is 1.85 bits per heavy atom. The van der Waals surface area contributed by atoms with Crippen molar-refractivity contribution >= 4 is 16.7 Å². The van der Waals surface area contributed by atoms with Crippen LogP contribution in [-0.4, -0.2) is 43.9 Å². The van der Waals surface area contributed by atoms with Crippen molar-refractivity contribution in [2.75, 3.05) is 26.9 Å². The first-order valence-electron chi connectivity index (χ1n) is 10.5. The first-order chi connectivity index (χ1) is 15.8. The summed E-state index contributed by atoms with van der Waals surface area (Å²) in [5, 5.41) is 3.70. The third-order valence-corrected chi connectivity index (χ3v) is 5.73. The van der Waals surface area contributed by atoms with Crippen molar-refractivity contribution < 1.29 is 27.4 Å². The van der Waals surface area contributed by atoms with E-state index in [4.69, 9.17) is 9.47 Å². The standard InChI is InChI=1S/C24H23F3N2O4/c1-32-8-9-33-13-16-12-19(22(30)28-16)14-6-7-15-11-21(29-23(31)18(15)10-14)17-4-2-3-5-20(17)24(25,26)27/h2-7,10-11,16,19H,8-9,12-13H2,1H3,(H,28,30)(H,29,31)/t16?,19-/m1/s1. The first kappa shape index (κ1) is 23.0. The van der Waals surface area contributed by atoms with Crippen LogP contribution in [0.2, 0.25) is 0 Å². The monoisotopic (exact) mass is 460 g/mol. The van der Waals surface area contributed by atoms with Gasteiger partial charge in [-0.3, -0.25) is 9.59 Å². The van der Waals surface area contributed by atoms with Crippen molar-refractivity contribution in [3.63, 3.8) is 0 Å². The molecule has 174 valence electrons. The lowest BCUT2D eigenvalue weighted by Gasteiger charge is -2.14. The molecular formula is C24H23F3N2O4. The van der Waals surface area contributed by atoms with E-state index in [1.54, 1.807) is 25.3 Å². The molecule has 2 N–H and O–H groups in total. The molecule has 1 aliphatic heterocycles. The van der Waals surface area contributed by atoms with Crippen LogP contribution in [0.25, 0.3) is 22.0 Å². The Kier molecular flexibility index (Phi) is 6.53. The Morgan fingerprint density at radius 3 is 2.61 bits per heavy atom. The van der Waals surface area contributed by atoms with Crippen molar-refractivity contribution in [3.8, 4) is 11.3 Å². The predicted molar refractivity (Wildman–Crippen MR) is 117 cm³/mol. The van der Waals surface area contributed by atoms with E-state index in [9.17, 15) is 22.8 Å². The van der Waals surface area contributed by atoms with E-state index >= 15 is 0 Å². The van der Waals surface area contributed by atoms with Gasteiger partial charge in [-0.25, -0.2) is 0 Å². The first-order valence-corrected chi connectivity index (χ1v) is 10.5. The summed E-state index contributed by atoms with van der Waals surface area (Å²) in [5.41, 5.74) is -0.676. The molecule has 0 spiro atoms. The van der Waals surface area contributed by atoms with Crippen molar-refractivity contribution in [1.82, 2.24) is 10.3 Å². The van der Waals surface area contributed by atoms with Gasteiger partial charge in [-0.2, -0.15) is 13.2 Å². The second-order valence-corrected chi connectivity index (χ2v) is 7.96. The number of carbonyl (C=O) groups excluding carboxylic acids is 1. The van der Waals surface area contributed by atoms with E-state index in [-0.39, 0.29) is 23.2 Å². The van der Waals surface area contributed by atoms with Gasteiger partial charge in [0.1, 0.15) is 0 Å². The molecule has 2 atom stereocenters. The van der Waals surface area contributed by atoms with Gasteiger partial charge in [-0.1, -0.05) is 30.3 Å².